The number of rotatable bonds is 4. The standard InChI is InChI=1S/C12H13NO.C10H10/c14-12-7-4-9-13(12)10-8-11-5-2-1-3-6-11;1-3-9-5-7-10(4-2)8-6-9/h1-3,5-6,8,10H,4,7,9H2;3-8H,1-2H2. The first-order valence-corrected chi connectivity index (χ1v) is 8.10. The lowest BCUT2D eigenvalue weighted by Crippen LogP contribution is -2.16. The van der Waals surface area contributed by atoms with Crippen LogP contribution in [0.3, 0.4) is 0 Å². The van der Waals surface area contributed by atoms with Crippen LogP contribution in [0.2, 0.25) is 0 Å². The summed E-state index contributed by atoms with van der Waals surface area (Å²) < 4.78 is 0. The van der Waals surface area contributed by atoms with Gasteiger partial charge < -0.3 is 4.90 Å². The van der Waals surface area contributed by atoms with Gasteiger partial charge in [0.15, 0.2) is 0 Å². The number of carbonyl (C=O) groups is 1. The highest BCUT2D eigenvalue weighted by molar-refractivity contribution is 5.79. The van der Waals surface area contributed by atoms with E-state index in [1.54, 1.807) is 4.90 Å². The highest BCUT2D eigenvalue weighted by Gasteiger charge is 2.16. The minimum atomic E-state index is 0.234. The van der Waals surface area contributed by atoms with E-state index in [4.69, 9.17) is 0 Å². The average Bonchev–Trinajstić information content (AvgIpc) is 3.06. The molecule has 1 heterocycles. The normalized spacial score (nSPS) is 13.5. The molecule has 2 heteroatoms. The van der Waals surface area contributed by atoms with E-state index in [2.05, 4.69) is 13.2 Å². The highest BCUT2D eigenvalue weighted by Crippen LogP contribution is 2.11. The van der Waals surface area contributed by atoms with Crippen LogP contribution >= 0.6 is 0 Å². The molecule has 0 atom stereocenters. The average molecular weight is 317 g/mol. The molecular formula is C22H23NO. The van der Waals surface area contributed by atoms with E-state index in [1.807, 2.05) is 79.0 Å². The van der Waals surface area contributed by atoms with Crippen LogP contribution in [0, 0.1) is 0 Å². The van der Waals surface area contributed by atoms with Crippen molar-refractivity contribution in [2.45, 2.75) is 12.8 Å². The molecule has 0 radical (unpaired) electrons. The van der Waals surface area contributed by atoms with Gasteiger partial charge in [-0.2, -0.15) is 0 Å². The molecule has 2 aromatic carbocycles. The summed E-state index contributed by atoms with van der Waals surface area (Å²) >= 11 is 0. The molecule has 3 rings (SSSR count). The highest BCUT2D eigenvalue weighted by atomic mass is 16.2. The van der Waals surface area contributed by atoms with Gasteiger partial charge in [-0.05, 0) is 29.2 Å². The summed E-state index contributed by atoms with van der Waals surface area (Å²) in [5, 5.41) is 0. The molecule has 0 N–H and O–H groups in total. The Morgan fingerprint density at radius 3 is 1.88 bits per heavy atom. The number of amides is 1. The molecule has 1 amide bonds. The summed E-state index contributed by atoms with van der Waals surface area (Å²) in [4.78, 5) is 13.1. The second-order valence-electron chi connectivity index (χ2n) is 5.49. The first kappa shape index (κ1) is 17.5. The summed E-state index contributed by atoms with van der Waals surface area (Å²) in [6.45, 7) is 8.18. The molecule has 0 spiro atoms. The minimum Gasteiger partial charge on any atom is -0.319 e. The van der Waals surface area contributed by atoms with Gasteiger partial charge in [-0.3, -0.25) is 4.79 Å². The SMILES string of the molecule is C=Cc1ccc(C=C)cc1.O=C1CCCN1C=Cc1ccccc1. The van der Waals surface area contributed by atoms with Gasteiger partial charge in [-0.25, -0.2) is 0 Å². The number of benzene rings is 2. The van der Waals surface area contributed by atoms with Crippen LogP contribution in [0.25, 0.3) is 18.2 Å². The number of carbonyl (C=O) groups excluding carboxylic acids is 1. The Morgan fingerprint density at radius 2 is 1.42 bits per heavy atom. The summed E-state index contributed by atoms with van der Waals surface area (Å²) in [6.07, 6.45) is 9.19. The monoisotopic (exact) mass is 317 g/mol. The van der Waals surface area contributed by atoms with Gasteiger partial charge in [0.1, 0.15) is 0 Å². The zero-order valence-corrected chi connectivity index (χ0v) is 13.9. The fourth-order valence-electron chi connectivity index (χ4n) is 2.33. The maximum absolute atomic E-state index is 11.3. The summed E-state index contributed by atoms with van der Waals surface area (Å²) in [6, 6.07) is 18.1. The fourth-order valence-corrected chi connectivity index (χ4v) is 2.33. The Balaban J connectivity index is 0.000000185. The van der Waals surface area contributed by atoms with Crippen molar-refractivity contribution in [1.29, 1.82) is 0 Å². The lowest BCUT2D eigenvalue weighted by molar-refractivity contribution is -0.125. The van der Waals surface area contributed by atoms with E-state index in [0.29, 0.717) is 6.42 Å². The maximum atomic E-state index is 11.3. The van der Waals surface area contributed by atoms with E-state index in [0.717, 1.165) is 29.7 Å². The van der Waals surface area contributed by atoms with Crippen LogP contribution in [0.4, 0.5) is 0 Å². The number of hydrogen-bond donors (Lipinski definition) is 0. The van der Waals surface area contributed by atoms with Gasteiger partial charge in [0.25, 0.3) is 0 Å². The Morgan fingerprint density at radius 1 is 0.833 bits per heavy atom. The van der Waals surface area contributed by atoms with E-state index in [1.165, 1.54) is 0 Å². The third-order valence-corrected chi connectivity index (χ3v) is 3.76. The second kappa shape index (κ2) is 9.31. The Hall–Kier alpha value is -2.87. The zero-order valence-electron chi connectivity index (χ0n) is 13.9. The third kappa shape index (κ3) is 5.40. The van der Waals surface area contributed by atoms with Crippen molar-refractivity contribution in [2.75, 3.05) is 6.54 Å². The molecule has 1 aliphatic rings. The zero-order chi connectivity index (χ0) is 17.2. The molecule has 2 nitrogen and oxygen atoms in total. The molecule has 24 heavy (non-hydrogen) atoms. The number of nitrogens with zero attached hydrogens (tertiary/aromatic N) is 1. The van der Waals surface area contributed by atoms with E-state index in [-0.39, 0.29) is 5.91 Å². The van der Waals surface area contributed by atoms with E-state index >= 15 is 0 Å². The van der Waals surface area contributed by atoms with E-state index < -0.39 is 0 Å². The molecule has 0 saturated carbocycles. The molecule has 0 aromatic heterocycles. The first-order valence-electron chi connectivity index (χ1n) is 8.10. The minimum absolute atomic E-state index is 0.234. The molecule has 1 fully saturated rings. The lowest BCUT2D eigenvalue weighted by atomic mass is 10.1. The molecule has 1 saturated heterocycles. The van der Waals surface area contributed by atoms with Crippen molar-refractivity contribution >= 4 is 24.1 Å². The molecular weight excluding hydrogens is 294 g/mol. The van der Waals surface area contributed by atoms with Crippen molar-refractivity contribution in [2.24, 2.45) is 0 Å². The Labute approximate surface area is 144 Å². The largest absolute Gasteiger partial charge is 0.319 e. The quantitative estimate of drug-likeness (QED) is 0.754. The van der Waals surface area contributed by atoms with Gasteiger partial charge in [0.05, 0.1) is 0 Å². The fraction of sp³-hybridized carbons (Fsp3) is 0.136. The van der Waals surface area contributed by atoms with Gasteiger partial charge in [-0.1, -0.05) is 79.9 Å². The van der Waals surface area contributed by atoms with Gasteiger partial charge in [0.2, 0.25) is 5.91 Å². The predicted molar refractivity (Wildman–Crippen MR) is 103 cm³/mol. The summed E-state index contributed by atoms with van der Waals surface area (Å²) in [7, 11) is 0. The smallest absolute Gasteiger partial charge is 0.226 e. The summed E-state index contributed by atoms with van der Waals surface area (Å²) in [5.74, 6) is 0.234. The summed E-state index contributed by atoms with van der Waals surface area (Å²) in [5.41, 5.74) is 3.42. The van der Waals surface area contributed by atoms with Crippen molar-refractivity contribution in [3.63, 3.8) is 0 Å². The predicted octanol–water partition coefficient (Wildman–Crippen LogP) is 5.25. The maximum Gasteiger partial charge on any atom is 0.226 e. The van der Waals surface area contributed by atoms with Crippen molar-refractivity contribution in [3.8, 4) is 0 Å². The molecule has 2 aromatic rings. The van der Waals surface area contributed by atoms with Gasteiger partial charge >= 0.3 is 0 Å². The number of likely N-dealkylation sites (tertiary alicyclic amines) is 1. The van der Waals surface area contributed by atoms with Crippen LogP contribution in [0.1, 0.15) is 29.5 Å². The molecule has 0 unspecified atom stereocenters. The second-order valence-corrected chi connectivity index (χ2v) is 5.49. The van der Waals surface area contributed by atoms with E-state index in [9.17, 15) is 4.79 Å². The van der Waals surface area contributed by atoms with Crippen LogP contribution < -0.4 is 0 Å². The lowest BCUT2D eigenvalue weighted by Gasteiger charge is -2.07. The molecule has 122 valence electrons. The van der Waals surface area contributed by atoms with Crippen LogP contribution in [0.15, 0.2) is 74.0 Å². The van der Waals surface area contributed by atoms with Crippen LogP contribution in [0.5, 0.6) is 0 Å². The van der Waals surface area contributed by atoms with Crippen molar-refractivity contribution in [1.82, 2.24) is 4.90 Å². The third-order valence-electron chi connectivity index (χ3n) is 3.76. The van der Waals surface area contributed by atoms with Gasteiger partial charge in [0, 0.05) is 19.2 Å². The van der Waals surface area contributed by atoms with Crippen LogP contribution in [-0.4, -0.2) is 17.4 Å². The van der Waals surface area contributed by atoms with Crippen molar-refractivity contribution < 1.29 is 4.79 Å². The number of hydrogen-bond acceptors (Lipinski definition) is 1. The van der Waals surface area contributed by atoms with Crippen molar-refractivity contribution in [3.05, 3.63) is 90.6 Å². The Kier molecular flexibility index (Phi) is 6.78. The Bertz CT molecular complexity index is 672. The topological polar surface area (TPSA) is 20.3 Å². The molecule has 0 bridgehead atoms. The first-order chi connectivity index (χ1) is 11.7. The van der Waals surface area contributed by atoms with Crippen LogP contribution in [-0.2, 0) is 4.79 Å². The van der Waals surface area contributed by atoms with Gasteiger partial charge in [-0.15, -0.1) is 0 Å². The molecule has 1 aliphatic heterocycles. The molecule has 0 aliphatic carbocycles.